The fraction of sp³-hybridized carbons (Fsp3) is 0.625. The van der Waals surface area contributed by atoms with Gasteiger partial charge in [0, 0.05) is 30.3 Å². The molecule has 2 unspecified atom stereocenters. The van der Waals surface area contributed by atoms with Gasteiger partial charge < -0.3 is 10.2 Å². The molecule has 0 spiro atoms. The Morgan fingerprint density at radius 3 is 2.43 bits per heavy atom. The molecule has 5 heteroatoms. The van der Waals surface area contributed by atoms with Gasteiger partial charge in [-0.15, -0.1) is 0 Å². The van der Waals surface area contributed by atoms with Crippen molar-refractivity contribution in [3.8, 4) is 0 Å². The molecule has 0 amide bonds. The van der Waals surface area contributed by atoms with Gasteiger partial charge in [0.2, 0.25) is 0 Å². The lowest BCUT2D eigenvalue weighted by Gasteiger charge is -2.36. The quantitative estimate of drug-likeness (QED) is 0.668. The molecule has 5 nitrogen and oxygen atoms in total. The van der Waals surface area contributed by atoms with Crippen LogP contribution in [0.5, 0.6) is 0 Å². The van der Waals surface area contributed by atoms with E-state index in [1.807, 2.05) is 12.1 Å². The van der Waals surface area contributed by atoms with Crippen molar-refractivity contribution in [1.29, 1.82) is 0 Å². The Morgan fingerprint density at radius 1 is 1.24 bits per heavy atom. The van der Waals surface area contributed by atoms with Crippen molar-refractivity contribution < 1.29 is 4.92 Å². The molecule has 0 radical (unpaired) electrons. The van der Waals surface area contributed by atoms with E-state index < -0.39 is 0 Å². The predicted molar refractivity (Wildman–Crippen MR) is 82.4 cm³/mol. The Hall–Kier alpha value is -1.46. The highest BCUT2D eigenvalue weighted by Gasteiger charge is 2.37. The highest BCUT2D eigenvalue weighted by molar-refractivity contribution is 5.32. The zero-order valence-electron chi connectivity index (χ0n) is 12.5. The van der Waals surface area contributed by atoms with Gasteiger partial charge in [-0.05, 0) is 51.3 Å². The van der Waals surface area contributed by atoms with Crippen LogP contribution in [-0.2, 0) is 6.42 Å². The molecule has 2 aliphatic heterocycles. The van der Waals surface area contributed by atoms with Gasteiger partial charge in [0.25, 0.3) is 5.69 Å². The normalized spacial score (nSPS) is 28.7. The number of nitrogens with zero attached hydrogens (tertiary/aromatic N) is 2. The molecule has 3 rings (SSSR count). The molecule has 2 fully saturated rings. The molecule has 114 valence electrons. The van der Waals surface area contributed by atoms with Gasteiger partial charge >= 0.3 is 0 Å². The first-order valence-corrected chi connectivity index (χ1v) is 7.82. The van der Waals surface area contributed by atoms with E-state index in [9.17, 15) is 10.1 Å². The minimum absolute atomic E-state index is 0.165. The highest BCUT2D eigenvalue weighted by atomic mass is 16.6. The van der Waals surface area contributed by atoms with Crippen LogP contribution >= 0.6 is 0 Å². The number of piperidine rings is 1. The summed E-state index contributed by atoms with van der Waals surface area (Å²) >= 11 is 0. The number of rotatable bonds is 5. The Balaban J connectivity index is 1.45. The number of nitro groups is 1. The predicted octanol–water partition coefficient (Wildman–Crippen LogP) is 2.35. The maximum atomic E-state index is 10.6. The Labute approximate surface area is 125 Å². The van der Waals surface area contributed by atoms with Gasteiger partial charge in [-0.25, -0.2) is 0 Å². The van der Waals surface area contributed by atoms with Crippen molar-refractivity contribution in [2.24, 2.45) is 0 Å². The van der Waals surface area contributed by atoms with E-state index in [1.54, 1.807) is 12.1 Å². The molecule has 0 aromatic heterocycles. The summed E-state index contributed by atoms with van der Waals surface area (Å²) in [6, 6.07) is 9.06. The molecule has 0 aliphatic carbocycles. The number of hydrogen-bond acceptors (Lipinski definition) is 4. The third-order valence-corrected chi connectivity index (χ3v) is 5.09. The molecule has 2 bridgehead atoms. The summed E-state index contributed by atoms with van der Waals surface area (Å²) in [5.41, 5.74) is 1.32. The molecule has 1 aromatic carbocycles. The van der Waals surface area contributed by atoms with E-state index in [-0.39, 0.29) is 10.6 Å². The minimum atomic E-state index is -0.351. The zero-order chi connectivity index (χ0) is 14.8. The standard InChI is InChI=1S/C16H23N3O2/c1-18-15-6-7-16(18)11-13(10-15)17-9-8-12-2-4-14(5-3-12)19(20)21/h2-5,13,15-17H,6-11H2,1H3. The maximum Gasteiger partial charge on any atom is 0.269 e. The molecular formula is C16H23N3O2. The second-order valence-electron chi connectivity index (χ2n) is 6.35. The lowest BCUT2D eigenvalue weighted by Crippen LogP contribution is -2.47. The van der Waals surface area contributed by atoms with Gasteiger partial charge in [0.05, 0.1) is 4.92 Å². The summed E-state index contributed by atoms with van der Waals surface area (Å²) < 4.78 is 0. The number of non-ortho nitro benzene ring substituents is 1. The van der Waals surface area contributed by atoms with Crippen molar-refractivity contribution in [1.82, 2.24) is 10.2 Å². The second kappa shape index (κ2) is 6.12. The van der Waals surface area contributed by atoms with Crippen molar-refractivity contribution in [2.75, 3.05) is 13.6 Å². The molecule has 21 heavy (non-hydrogen) atoms. The third-order valence-electron chi connectivity index (χ3n) is 5.09. The van der Waals surface area contributed by atoms with E-state index in [0.29, 0.717) is 6.04 Å². The van der Waals surface area contributed by atoms with Gasteiger partial charge in [-0.1, -0.05) is 12.1 Å². The van der Waals surface area contributed by atoms with Crippen molar-refractivity contribution in [3.63, 3.8) is 0 Å². The number of nitro benzene ring substituents is 1. The fourth-order valence-electron chi connectivity index (χ4n) is 3.78. The van der Waals surface area contributed by atoms with Crippen LogP contribution in [0.4, 0.5) is 5.69 Å². The van der Waals surface area contributed by atoms with E-state index in [2.05, 4.69) is 17.3 Å². The summed E-state index contributed by atoms with van der Waals surface area (Å²) in [6.45, 7) is 0.950. The number of fused-ring (bicyclic) bond motifs is 2. The largest absolute Gasteiger partial charge is 0.314 e. The van der Waals surface area contributed by atoms with Crippen LogP contribution in [0.1, 0.15) is 31.2 Å². The highest BCUT2D eigenvalue weighted by Crippen LogP contribution is 2.34. The van der Waals surface area contributed by atoms with Gasteiger partial charge in [-0.3, -0.25) is 10.1 Å². The maximum absolute atomic E-state index is 10.6. The minimum Gasteiger partial charge on any atom is -0.314 e. The van der Waals surface area contributed by atoms with Crippen LogP contribution in [0, 0.1) is 10.1 Å². The first-order chi connectivity index (χ1) is 10.1. The summed E-state index contributed by atoms with van der Waals surface area (Å²) in [6.07, 6.45) is 6.14. The monoisotopic (exact) mass is 289 g/mol. The van der Waals surface area contributed by atoms with Crippen molar-refractivity contribution >= 4 is 5.69 Å². The topological polar surface area (TPSA) is 58.4 Å². The van der Waals surface area contributed by atoms with Crippen LogP contribution in [0.25, 0.3) is 0 Å². The molecule has 1 aromatic rings. The lowest BCUT2D eigenvalue weighted by molar-refractivity contribution is -0.384. The smallest absolute Gasteiger partial charge is 0.269 e. The van der Waals surface area contributed by atoms with Gasteiger partial charge in [0.1, 0.15) is 0 Å². The first-order valence-electron chi connectivity index (χ1n) is 7.82. The van der Waals surface area contributed by atoms with Gasteiger partial charge in [0.15, 0.2) is 0 Å². The first kappa shape index (κ1) is 14.5. The van der Waals surface area contributed by atoms with Crippen molar-refractivity contribution in [2.45, 2.75) is 50.2 Å². The molecule has 2 aliphatic rings. The van der Waals surface area contributed by atoms with E-state index >= 15 is 0 Å². The second-order valence-corrected chi connectivity index (χ2v) is 6.35. The molecule has 0 saturated carbocycles. The Kier molecular flexibility index (Phi) is 4.22. The van der Waals surface area contributed by atoms with Crippen molar-refractivity contribution in [3.05, 3.63) is 39.9 Å². The van der Waals surface area contributed by atoms with E-state index in [0.717, 1.165) is 30.6 Å². The summed E-state index contributed by atoms with van der Waals surface area (Å²) in [5.74, 6) is 0. The number of benzene rings is 1. The van der Waals surface area contributed by atoms with Crippen LogP contribution in [0.15, 0.2) is 24.3 Å². The number of nitrogens with one attached hydrogen (secondary N) is 1. The van der Waals surface area contributed by atoms with Gasteiger partial charge in [-0.2, -0.15) is 0 Å². The third kappa shape index (κ3) is 3.24. The average molecular weight is 289 g/mol. The zero-order valence-corrected chi connectivity index (χ0v) is 12.5. The summed E-state index contributed by atoms with van der Waals surface area (Å²) in [7, 11) is 2.26. The molecular weight excluding hydrogens is 266 g/mol. The Bertz CT molecular complexity index is 489. The number of hydrogen-bond donors (Lipinski definition) is 1. The molecule has 1 N–H and O–H groups in total. The average Bonchev–Trinajstić information content (AvgIpc) is 2.70. The molecule has 2 heterocycles. The van der Waals surface area contributed by atoms with Crippen LogP contribution in [0.2, 0.25) is 0 Å². The summed E-state index contributed by atoms with van der Waals surface area (Å²) in [4.78, 5) is 12.8. The molecule has 2 atom stereocenters. The van der Waals surface area contributed by atoms with E-state index in [4.69, 9.17) is 0 Å². The summed E-state index contributed by atoms with van der Waals surface area (Å²) in [5, 5.41) is 14.3. The SMILES string of the molecule is CN1C2CCC1CC(NCCc1ccc([N+](=O)[O-])cc1)C2. The fourth-order valence-corrected chi connectivity index (χ4v) is 3.78. The van der Waals surface area contributed by atoms with Crippen LogP contribution in [0.3, 0.4) is 0 Å². The lowest BCUT2D eigenvalue weighted by atomic mass is 9.98. The van der Waals surface area contributed by atoms with Crippen LogP contribution in [-0.4, -0.2) is 41.5 Å². The Morgan fingerprint density at radius 2 is 1.86 bits per heavy atom. The van der Waals surface area contributed by atoms with Crippen LogP contribution < -0.4 is 5.32 Å². The van der Waals surface area contributed by atoms with E-state index in [1.165, 1.54) is 25.7 Å². The molecule has 2 saturated heterocycles.